The lowest BCUT2D eigenvalue weighted by Crippen LogP contribution is -2.22. The van der Waals surface area contributed by atoms with Crippen LogP contribution in [0.15, 0.2) is 33.5 Å². The Labute approximate surface area is 183 Å². The second-order valence-electron chi connectivity index (χ2n) is 7.61. The van der Waals surface area contributed by atoms with Crippen LogP contribution in [0.25, 0.3) is 11.0 Å². The molecule has 0 bridgehead atoms. The summed E-state index contributed by atoms with van der Waals surface area (Å²) < 4.78 is 10.9. The Morgan fingerprint density at radius 1 is 1.23 bits per heavy atom. The molecule has 31 heavy (non-hydrogen) atoms. The zero-order valence-corrected chi connectivity index (χ0v) is 18.1. The number of hydrogen-bond acceptors (Lipinski definition) is 6. The Hall–Kier alpha value is -3.13. The minimum absolute atomic E-state index is 0.245. The predicted octanol–water partition coefficient (Wildman–Crippen LogP) is 3.80. The van der Waals surface area contributed by atoms with Crippen LogP contribution >= 0.6 is 11.3 Å². The molecule has 0 fully saturated rings. The highest BCUT2D eigenvalue weighted by atomic mass is 32.1. The number of primary amides is 1. The monoisotopic (exact) mass is 440 g/mol. The van der Waals surface area contributed by atoms with E-state index in [1.165, 1.54) is 17.4 Å². The minimum Gasteiger partial charge on any atom is -0.484 e. The summed E-state index contributed by atoms with van der Waals surface area (Å²) in [6.45, 7) is 1.80. The normalized spacial score (nSPS) is 13.1. The molecule has 0 spiro atoms. The SMILES string of the molecule is CCCc1cc(=O)oc2cc(OCC(=O)Nc3sc4c(c3C(N)=O)CCCC4)ccc12. The number of nitrogens with two attached hydrogens (primary N) is 1. The number of fused-ring (bicyclic) bond motifs is 2. The first-order chi connectivity index (χ1) is 15.0. The molecule has 4 rings (SSSR count). The molecular weight excluding hydrogens is 416 g/mol. The Balaban J connectivity index is 1.48. The Morgan fingerprint density at radius 2 is 2.03 bits per heavy atom. The smallest absolute Gasteiger partial charge is 0.336 e. The number of carbonyl (C=O) groups excluding carboxylic acids is 2. The summed E-state index contributed by atoms with van der Waals surface area (Å²) in [4.78, 5) is 37.4. The quantitative estimate of drug-likeness (QED) is 0.543. The molecular formula is C23H24N2O5S. The van der Waals surface area contributed by atoms with Crippen molar-refractivity contribution < 1.29 is 18.7 Å². The van der Waals surface area contributed by atoms with E-state index in [0.29, 0.717) is 21.9 Å². The minimum atomic E-state index is -0.525. The van der Waals surface area contributed by atoms with E-state index in [9.17, 15) is 14.4 Å². The number of aryl methyl sites for hydroxylation is 2. The maximum atomic E-state index is 12.5. The highest BCUT2D eigenvalue weighted by molar-refractivity contribution is 7.17. The number of anilines is 1. The van der Waals surface area contributed by atoms with E-state index in [0.717, 1.165) is 59.9 Å². The number of rotatable bonds is 7. The first kappa shape index (κ1) is 21.1. The fraction of sp³-hybridized carbons (Fsp3) is 0.348. The summed E-state index contributed by atoms with van der Waals surface area (Å²) >= 11 is 1.41. The molecule has 1 aliphatic rings. The molecule has 1 aromatic carbocycles. The molecule has 0 aliphatic heterocycles. The molecule has 2 amide bonds. The largest absolute Gasteiger partial charge is 0.484 e. The van der Waals surface area contributed by atoms with Gasteiger partial charge in [-0.05, 0) is 55.4 Å². The zero-order valence-electron chi connectivity index (χ0n) is 17.3. The average molecular weight is 441 g/mol. The van der Waals surface area contributed by atoms with Gasteiger partial charge in [-0.25, -0.2) is 4.79 Å². The molecule has 0 unspecified atom stereocenters. The van der Waals surface area contributed by atoms with Crippen molar-refractivity contribution in [3.8, 4) is 5.75 Å². The van der Waals surface area contributed by atoms with Crippen LogP contribution in [0.4, 0.5) is 5.00 Å². The fourth-order valence-electron chi connectivity index (χ4n) is 4.00. The van der Waals surface area contributed by atoms with Gasteiger partial charge in [0, 0.05) is 22.4 Å². The van der Waals surface area contributed by atoms with Crippen LogP contribution in [0, 0.1) is 0 Å². The van der Waals surface area contributed by atoms with Gasteiger partial charge in [0.1, 0.15) is 16.3 Å². The third-order valence-corrected chi connectivity index (χ3v) is 6.57. The number of hydrogen-bond donors (Lipinski definition) is 2. The van der Waals surface area contributed by atoms with Crippen LogP contribution in [-0.4, -0.2) is 18.4 Å². The molecule has 1 aliphatic carbocycles. The molecule has 162 valence electrons. The summed E-state index contributed by atoms with van der Waals surface area (Å²) in [5.41, 5.74) is 7.90. The van der Waals surface area contributed by atoms with E-state index in [1.54, 1.807) is 12.1 Å². The van der Waals surface area contributed by atoms with Crippen molar-refractivity contribution in [3.63, 3.8) is 0 Å². The van der Waals surface area contributed by atoms with Crippen LogP contribution < -0.4 is 21.4 Å². The van der Waals surface area contributed by atoms with Crippen molar-refractivity contribution in [1.29, 1.82) is 0 Å². The number of carbonyl (C=O) groups is 2. The third kappa shape index (κ3) is 4.49. The van der Waals surface area contributed by atoms with Gasteiger partial charge in [0.25, 0.3) is 11.8 Å². The van der Waals surface area contributed by atoms with Gasteiger partial charge in [0.2, 0.25) is 0 Å². The maximum Gasteiger partial charge on any atom is 0.336 e. The Morgan fingerprint density at radius 3 is 2.81 bits per heavy atom. The van der Waals surface area contributed by atoms with Crippen molar-refractivity contribution in [1.82, 2.24) is 0 Å². The van der Waals surface area contributed by atoms with E-state index in [1.807, 2.05) is 13.0 Å². The molecule has 0 atom stereocenters. The number of thiophene rings is 1. The van der Waals surface area contributed by atoms with Crippen molar-refractivity contribution >= 4 is 39.1 Å². The topological polar surface area (TPSA) is 112 Å². The predicted molar refractivity (Wildman–Crippen MR) is 120 cm³/mol. The summed E-state index contributed by atoms with van der Waals surface area (Å²) in [5.74, 6) is -0.495. The van der Waals surface area contributed by atoms with Gasteiger partial charge >= 0.3 is 5.63 Å². The third-order valence-electron chi connectivity index (χ3n) is 5.36. The average Bonchev–Trinajstić information content (AvgIpc) is 3.10. The summed E-state index contributed by atoms with van der Waals surface area (Å²) in [7, 11) is 0. The standard InChI is InChI=1S/C23H24N2O5S/c1-2-5-13-10-20(27)30-17-11-14(8-9-15(13)17)29-12-19(26)25-23-21(22(24)28)16-6-3-4-7-18(16)31-23/h8-11H,2-7,12H2,1H3,(H2,24,28)(H,25,26). The molecule has 0 saturated heterocycles. The zero-order chi connectivity index (χ0) is 22.0. The lowest BCUT2D eigenvalue weighted by atomic mass is 9.95. The van der Waals surface area contributed by atoms with Crippen molar-refractivity contribution in [2.45, 2.75) is 45.4 Å². The molecule has 3 aromatic rings. The molecule has 2 aromatic heterocycles. The van der Waals surface area contributed by atoms with Gasteiger partial charge in [-0.15, -0.1) is 11.3 Å². The van der Waals surface area contributed by atoms with Gasteiger partial charge in [-0.2, -0.15) is 0 Å². The first-order valence-electron chi connectivity index (χ1n) is 10.4. The van der Waals surface area contributed by atoms with Crippen LogP contribution in [0.5, 0.6) is 5.75 Å². The highest BCUT2D eigenvalue weighted by Crippen LogP contribution is 2.37. The maximum absolute atomic E-state index is 12.5. The van der Waals surface area contributed by atoms with E-state index in [4.69, 9.17) is 14.9 Å². The lowest BCUT2D eigenvalue weighted by Gasteiger charge is -2.11. The van der Waals surface area contributed by atoms with Gasteiger partial charge in [-0.3, -0.25) is 9.59 Å². The summed E-state index contributed by atoms with van der Waals surface area (Å²) in [6.07, 6.45) is 5.47. The van der Waals surface area contributed by atoms with Crippen LogP contribution in [0.1, 0.15) is 52.5 Å². The van der Waals surface area contributed by atoms with Gasteiger partial charge in [0.15, 0.2) is 6.61 Å². The molecule has 2 heterocycles. The van der Waals surface area contributed by atoms with Crippen LogP contribution in [-0.2, 0) is 24.1 Å². The van der Waals surface area contributed by atoms with Crippen molar-refractivity contribution in [2.24, 2.45) is 5.73 Å². The van der Waals surface area contributed by atoms with Gasteiger partial charge in [-0.1, -0.05) is 13.3 Å². The van der Waals surface area contributed by atoms with Crippen LogP contribution in [0.2, 0.25) is 0 Å². The number of amides is 2. The van der Waals surface area contributed by atoms with E-state index >= 15 is 0 Å². The van der Waals surface area contributed by atoms with Crippen LogP contribution in [0.3, 0.4) is 0 Å². The second-order valence-corrected chi connectivity index (χ2v) is 8.72. The lowest BCUT2D eigenvalue weighted by molar-refractivity contribution is -0.118. The van der Waals surface area contributed by atoms with Gasteiger partial charge in [0.05, 0.1) is 5.56 Å². The molecule has 7 nitrogen and oxygen atoms in total. The van der Waals surface area contributed by atoms with E-state index < -0.39 is 11.5 Å². The molecule has 0 saturated carbocycles. The first-order valence-corrected chi connectivity index (χ1v) is 11.2. The fourth-order valence-corrected chi connectivity index (χ4v) is 5.31. The molecule has 0 radical (unpaired) electrons. The van der Waals surface area contributed by atoms with E-state index in [-0.39, 0.29) is 12.5 Å². The molecule has 3 N–H and O–H groups in total. The summed E-state index contributed by atoms with van der Waals surface area (Å²) in [6, 6.07) is 6.70. The highest BCUT2D eigenvalue weighted by Gasteiger charge is 2.25. The van der Waals surface area contributed by atoms with E-state index in [2.05, 4.69) is 5.32 Å². The second kappa shape index (κ2) is 8.93. The summed E-state index contributed by atoms with van der Waals surface area (Å²) in [5, 5.41) is 4.11. The van der Waals surface area contributed by atoms with Gasteiger partial charge < -0.3 is 20.2 Å². The Kier molecular flexibility index (Phi) is 6.08. The number of nitrogens with one attached hydrogen (secondary N) is 1. The van der Waals surface area contributed by atoms with Crippen molar-refractivity contribution in [2.75, 3.05) is 11.9 Å². The molecule has 8 heteroatoms. The number of ether oxygens (including phenoxy) is 1. The number of benzene rings is 1. The Bertz CT molecular complexity index is 1210. The van der Waals surface area contributed by atoms with Crippen molar-refractivity contribution in [3.05, 3.63) is 56.3 Å².